The number of hydrogen-bond acceptors (Lipinski definition) is 2. The van der Waals surface area contributed by atoms with E-state index in [1.165, 1.54) is 25.9 Å². The van der Waals surface area contributed by atoms with Gasteiger partial charge in [0.05, 0.1) is 4.90 Å². The van der Waals surface area contributed by atoms with Gasteiger partial charge in [-0.3, -0.25) is 0 Å². The first-order valence-electron chi connectivity index (χ1n) is 9.69. The van der Waals surface area contributed by atoms with Crippen molar-refractivity contribution in [1.29, 1.82) is 0 Å². The zero-order valence-corrected chi connectivity index (χ0v) is 17.7. The van der Waals surface area contributed by atoms with Gasteiger partial charge in [0.2, 0.25) is 0 Å². The normalized spacial score (nSPS) is 17.9. The second-order valence-electron chi connectivity index (χ2n) is 8.10. The van der Waals surface area contributed by atoms with E-state index in [4.69, 9.17) is 0 Å². The molecule has 1 aromatic rings. The molecule has 1 N–H and O–H groups in total. The summed E-state index contributed by atoms with van der Waals surface area (Å²) in [5, 5.41) is 0. The summed E-state index contributed by atoms with van der Waals surface area (Å²) in [6.45, 7) is 16.8. The van der Waals surface area contributed by atoms with E-state index in [1.807, 2.05) is 26.0 Å². The average Bonchev–Trinajstić information content (AvgIpc) is 2.56. The standard InChI is InChI=1S/C19H31NO2S.C2H6/c1-15(2)17-8-10-20(11-9-17)14-19(3,4)13-16-6-5-7-18(12-16)23(21)22;1-2/h5-7,12,15,17H,8-11,13-14H2,1-4H3,(H,21,22);1-2H3. The summed E-state index contributed by atoms with van der Waals surface area (Å²) in [5.74, 6) is 1.68. The van der Waals surface area contributed by atoms with Crippen molar-refractivity contribution in [3.05, 3.63) is 29.8 Å². The lowest BCUT2D eigenvalue weighted by molar-refractivity contribution is 0.113. The lowest BCUT2D eigenvalue weighted by atomic mass is 9.82. The predicted molar refractivity (Wildman–Crippen MR) is 108 cm³/mol. The van der Waals surface area contributed by atoms with Gasteiger partial charge in [-0.2, -0.15) is 0 Å². The number of piperidine rings is 1. The number of likely N-dealkylation sites (tertiary alicyclic amines) is 1. The van der Waals surface area contributed by atoms with E-state index in [9.17, 15) is 8.76 Å². The number of hydrogen-bond donors (Lipinski definition) is 1. The van der Waals surface area contributed by atoms with Gasteiger partial charge in [-0.25, -0.2) is 4.21 Å². The summed E-state index contributed by atoms with van der Waals surface area (Å²) in [6.07, 6.45) is 3.56. The molecule has 2 rings (SSSR count). The van der Waals surface area contributed by atoms with E-state index in [0.29, 0.717) is 4.90 Å². The third-order valence-corrected chi connectivity index (χ3v) is 5.67. The molecule has 1 aliphatic heterocycles. The molecule has 1 fully saturated rings. The minimum atomic E-state index is -1.89. The lowest BCUT2D eigenvalue weighted by Gasteiger charge is -2.38. The summed E-state index contributed by atoms with van der Waals surface area (Å²) in [7, 11) is 0. The molecule has 144 valence electrons. The van der Waals surface area contributed by atoms with E-state index in [0.717, 1.165) is 30.4 Å². The Morgan fingerprint density at radius 3 is 2.36 bits per heavy atom. The van der Waals surface area contributed by atoms with E-state index in [-0.39, 0.29) is 5.41 Å². The Kier molecular flexibility index (Phi) is 9.33. The Bertz CT molecular complexity index is 534. The molecule has 0 amide bonds. The molecule has 1 aromatic carbocycles. The molecule has 0 aliphatic carbocycles. The van der Waals surface area contributed by atoms with Crippen LogP contribution in [0.1, 0.15) is 59.9 Å². The molecule has 0 spiro atoms. The fourth-order valence-electron chi connectivity index (χ4n) is 3.76. The van der Waals surface area contributed by atoms with Crippen molar-refractivity contribution in [3.63, 3.8) is 0 Å². The monoisotopic (exact) mass is 367 g/mol. The van der Waals surface area contributed by atoms with Gasteiger partial charge in [0.25, 0.3) is 0 Å². The Balaban J connectivity index is 0.00000151. The van der Waals surface area contributed by atoms with Gasteiger partial charge in [0, 0.05) is 6.54 Å². The zero-order chi connectivity index (χ0) is 19.0. The molecule has 1 aliphatic rings. The van der Waals surface area contributed by atoms with Crippen molar-refractivity contribution < 1.29 is 8.76 Å². The quantitative estimate of drug-likeness (QED) is 0.700. The van der Waals surface area contributed by atoms with Crippen LogP contribution in [0.25, 0.3) is 0 Å². The first-order chi connectivity index (χ1) is 11.8. The van der Waals surface area contributed by atoms with Crippen molar-refractivity contribution in [2.24, 2.45) is 17.3 Å². The van der Waals surface area contributed by atoms with E-state index < -0.39 is 11.1 Å². The van der Waals surface area contributed by atoms with Crippen molar-refractivity contribution in [3.8, 4) is 0 Å². The van der Waals surface area contributed by atoms with E-state index in [2.05, 4.69) is 38.7 Å². The molecule has 4 heteroatoms. The average molecular weight is 368 g/mol. The third kappa shape index (κ3) is 7.59. The van der Waals surface area contributed by atoms with Crippen LogP contribution in [-0.4, -0.2) is 33.3 Å². The van der Waals surface area contributed by atoms with Crippen LogP contribution in [0.15, 0.2) is 29.2 Å². The molecular weight excluding hydrogens is 330 g/mol. The molecule has 0 bridgehead atoms. The maximum absolute atomic E-state index is 11.2. The highest BCUT2D eigenvalue weighted by atomic mass is 32.2. The van der Waals surface area contributed by atoms with Crippen LogP contribution < -0.4 is 0 Å². The Labute approximate surface area is 157 Å². The van der Waals surface area contributed by atoms with E-state index >= 15 is 0 Å². The minimum absolute atomic E-state index is 0.167. The summed E-state index contributed by atoms with van der Waals surface area (Å²) in [6, 6.07) is 7.51. The molecule has 0 radical (unpaired) electrons. The highest BCUT2D eigenvalue weighted by molar-refractivity contribution is 7.79. The second kappa shape index (κ2) is 10.4. The largest absolute Gasteiger partial charge is 0.303 e. The van der Waals surface area contributed by atoms with Crippen molar-refractivity contribution in [1.82, 2.24) is 4.90 Å². The molecule has 0 aromatic heterocycles. The van der Waals surface area contributed by atoms with Gasteiger partial charge in [0.1, 0.15) is 0 Å². The molecule has 1 saturated heterocycles. The molecule has 1 unspecified atom stereocenters. The van der Waals surface area contributed by atoms with Crippen LogP contribution in [0, 0.1) is 17.3 Å². The molecule has 0 saturated carbocycles. The van der Waals surface area contributed by atoms with Gasteiger partial charge in [0.15, 0.2) is 11.1 Å². The first-order valence-corrected chi connectivity index (χ1v) is 10.8. The number of benzene rings is 1. The van der Waals surface area contributed by atoms with Gasteiger partial charge in [-0.05, 0) is 67.3 Å². The van der Waals surface area contributed by atoms with Crippen LogP contribution >= 0.6 is 0 Å². The van der Waals surface area contributed by atoms with Crippen LogP contribution in [0.2, 0.25) is 0 Å². The molecule has 3 nitrogen and oxygen atoms in total. The van der Waals surface area contributed by atoms with Crippen molar-refractivity contribution in [2.75, 3.05) is 19.6 Å². The summed E-state index contributed by atoms with van der Waals surface area (Å²) in [5.41, 5.74) is 1.31. The summed E-state index contributed by atoms with van der Waals surface area (Å²) in [4.78, 5) is 3.09. The third-order valence-electron chi connectivity index (χ3n) is 5.01. The van der Waals surface area contributed by atoms with Crippen LogP contribution in [0.4, 0.5) is 0 Å². The SMILES string of the molecule is CC.CC(C)C1CCN(CC(C)(C)Cc2cccc(S(=O)O)c2)CC1. The highest BCUT2D eigenvalue weighted by Crippen LogP contribution is 2.29. The smallest absolute Gasteiger partial charge is 0.186 e. The molecule has 1 heterocycles. The van der Waals surface area contributed by atoms with Crippen LogP contribution in [0.3, 0.4) is 0 Å². The van der Waals surface area contributed by atoms with Gasteiger partial charge >= 0.3 is 0 Å². The van der Waals surface area contributed by atoms with Crippen molar-refractivity contribution >= 4 is 11.1 Å². The summed E-state index contributed by atoms with van der Waals surface area (Å²) < 4.78 is 20.5. The Morgan fingerprint density at radius 2 is 1.84 bits per heavy atom. The van der Waals surface area contributed by atoms with Crippen molar-refractivity contribution in [2.45, 2.75) is 65.7 Å². The van der Waals surface area contributed by atoms with Gasteiger partial charge in [-0.15, -0.1) is 0 Å². The van der Waals surface area contributed by atoms with Gasteiger partial charge < -0.3 is 9.45 Å². The zero-order valence-electron chi connectivity index (χ0n) is 16.9. The van der Waals surface area contributed by atoms with Crippen LogP contribution in [0.5, 0.6) is 0 Å². The first kappa shape index (κ1) is 22.3. The number of rotatable bonds is 6. The molecular formula is C21H37NO2S. The fourth-order valence-corrected chi connectivity index (χ4v) is 4.20. The minimum Gasteiger partial charge on any atom is -0.303 e. The Hall–Kier alpha value is -0.710. The second-order valence-corrected chi connectivity index (χ2v) is 9.06. The van der Waals surface area contributed by atoms with Crippen LogP contribution in [-0.2, 0) is 17.5 Å². The van der Waals surface area contributed by atoms with E-state index in [1.54, 1.807) is 6.07 Å². The Morgan fingerprint density at radius 1 is 1.24 bits per heavy atom. The number of nitrogens with zero attached hydrogens (tertiary/aromatic N) is 1. The maximum atomic E-state index is 11.2. The van der Waals surface area contributed by atoms with Gasteiger partial charge in [-0.1, -0.05) is 53.7 Å². The fraction of sp³-hybridized carbons (Fsp3) is 0.714. The maximum Gasteiger partial charge on any atom is 0.186 e. The topological polar surface area (TPSA) is 40.5 Å². The highest BCUT2D eigenvalue weighted by Gasteiger charge is 2.27. The molecule has 25 heavy (non-hydrogen) atoms. The molecule has 1 atom stereocenters. The predicted octanol–water partition coefficient (Wildman–Crippen LogP) is 5.23. The lowest BCUT2D eigenvalue weighted by Crippen LogP contribution is -2.41. The summed E-state index contributed by atoms with van der Waals surface area (Å²) >= 11 is -1.89.